The minimum Gasteiger partial charge on any atom is -0.469 e. The average molecular weight is 330 g/mol. The summed E-state index contributed by atoms with van der Waals surface area (Å²) < 4.78 is 8.32. The number of amides is 1. The van der Waals surface area contributed by atoms with Crippen LogP contribution in [0.4, 0.5) is 0 Å². The number of nitrogens with zero attached hydrogens (tertiary/aromatic N) is 4. The lowest BCUT2D eigenvalue weighted by molar-refractivity contribution is -0.142. The smallest absolute Gasteiger partial charge is 0.305 e. The highest BCUT2D eigenvalue weighted by Crippen LogP contribution is 2.24. The number of carbonyl (C=O) groups is 2. The van der Waals surface area contributed by atoms with E-state index in [9.17, 15) is 9.59 Å². The Morgan fingerprint density at radius 3 is 2.54 bits per heavy atom. The van der Waals surface area contributed by atoms with Crippen LogP contribution in [0, 0.1) is 5.92 Å². The number of hydrogen-bond acceptors (Lipinski definition) is 4. The molecule has 1 saturated heterocycles. The maximum Gasteiger partial charge on any atom is 0.305 e. The molecule has 0 unspecified atom stereocenters. The minimum atomic E-state index is -0.179. The van der Waals surface area contributed by atoms with Gasteiger partial charge < -0.3 is 14.2 Å². The Hall–Kier alpha value is -2.57. The zero-order valence-corrected chi connectivity index (χ0v) is 14.0. The van der Waals surface area contributed by atoms with Crippen LogP contribution in [0.2, 0.25) is 0 Å². The van der Waals surface area contributed by atoms with E-state index in [0.29, 0.717) is 31.0 Å². The van der Waals surface area contributed by atoms with Crippen LogP contribution in [-0.4, -0.2) is 51.3 Å². The average Bonchev–Trinajstić information content (AvgIpc) is 3.24. The summed E-state index contributed by atoms with van der Waals surface area (Å²) in [6, 6.07) is 3.83. The van der Waals surface area contributed by atoms with E-state index < -0.39 is 0 Å². The van der Waals surface area contributed by atoms with Crippen molar-refractivity contribution in [2.45, 2.75) is 19.3 Å². The van der Waals surface area contributed by atoms with Crippen LogP contribution in [0.5, 0.6) is 0 Å². The largest absolute Gasteiger partial charge is 0.469 e. The molecular weight excluding hydrogens is 308 g/mol. The molecule has 0 N–H and O–H groups in total. The summed E-state index contributed by atoms with van der Waals surface area (Å²) in [6.45, 7) is 1.31. The molecule has 0 radical (unpaired) electrons. The Balaban J connectivity index is 1.70. The Labute approximate surface area is 140 Å². The lowest BCUT2D eigenvalue weighted by Gasteiger charge is -2.31. The van der Waals surface area contributed by atoms with Gasteiger partial charge in [-0.2, -0.15) is 5.10 Å². The number of piperidine rings is 1. The predicted molar refractivity (Wildman–Crippen MR) is 87.8 cm³/mol. The van der Waals surface area contributed by atoms with Crippen LogP contribution < -0.4 is 0 Å². The van der Waals surface area contributed by atoms with Gasteiger partial charge in [-0.3, -0.25) is 14.3 Å². The summed E-state index contributed by atoms with van der Waals surface area (Å²) in [5.41, 5.74) is 0.597. The molecule has 0 bridgehead atoms. The number of ether oxygens (including phenoxy) is 1. The van der Waals surface area contributed by atoms with Crippen LogP contribution in [0.1, 0.15) is 29.6 Å². The van der Waals surface area contributed by atoms with Crippen molar-refractivity contribution in [3.05, 3.63) is 36.3 Å². The molecule has 128 valence electrons. The molecule has 3 heterocycles. The highest BCUT2D eigenvalue weighted by atomic mass is 16.5. The Morgan fingerprint density at radius 2 is 1.92 bits per heavy atom. The van der Waals surface area contributed by atoms with E-state index in [2.05, 4.69) is 5.10 Å². The normalized spacial score (nSPS) is 15.5. The van der Waals surface area contributed by atoms with E-state index in [1.54, 1.807) is 10.9 Å². The quantitative estimate of drug-likeness (QED) is 0.799. The van der Waals surface area contributed by atoms with Crippen LogP contribution in [0.15, 0.2) is 30.7 Å². The van der Waals surface area contributed by atoms with Gasteiger partial charge in [-0.25, -0.2) is 0 Å². The molecule has 2 aromatic rings. The third-order valence-electron chi connectivity index (χ3n) is 4.57. The van der Waals surface area contributed by atoms with E-state index in [0.717, 1.165) is 18.7 Å². The van der Waals surface area contributed by atoms with Gasteiger partial charge in [-0.1, -0.05) is 0 Å². The summed E-state index contributed by atoms with van der Waals surface area (Å²) in [5, 5.41) is 4.24. The number of methoxy groups -OCH3 is 1. The maximum atomic E-state index is 12.9. The fourth-order valence-corrected chi connectivity index (χ4v) is 3.19. The van der Waals surface area contributed by atoms with Crippen molar-refractivity contribution in [2.24, 2.45) is 13.0 Å². The number of likely N-dealkylation sites (tertiary alicyclic amines) is 1. The number of rotatable bonds is 4. The zero-order chi connectivity index (χ0) is 17.1. The molecule has 7 nitrogen and oxygen atoms in total. The topological polar surface area (TPSA) is 69.4 Å². The van der Waals surface area contributed by atoms with Crippen molar-refractivity contribution in [3.63, 3.8) is 0 Å². The molecule has 1 aliphatic rings. The van der Waals surface area contributed by atoms with E-state index in [4.69, 9.17) is 4.74 Å². The van der Waals surface area contributed by atoms with Crippen molar-refractivity contribution in [1.29, 1.82) is 0 Å². The number of esters is 1. The molecule has 3 rings (SSSR count). The number of aryl methyl sites for hydroxylation is 1. The molecule has 1 amide bonds. The number of hydrogen-bond donors (Lipinski definition) is 0. The summed E-state index contributed by atoms with van der Waals surface area (Å²) >= 11 is 0. The molecule has 1 fully saturated rings. The number of carbonyl (C=O) groups excluding carboxylic acids is 2. The maximum absolute atomic E-state index is 12.9. The van der Waals surface area contributed by atoms with Gasteiger partial charge in [-0.05, 0) is 30.9 Å². The van der Waals surface area contributed by atoms with Crippen molar-refractivity contribution in [1.82, 2.24) is 19.2 Å². The lowest BCUT2D eigenvalue weighted by Crippen LogP contribution is -2.39. The molecule has 0 spiro atoms. The minimum absolute atomic E-state index is 0.0108. The second kappa shape index (κ2) is 6.90. The van der Waals surface area contributed by atoms with E-state index in [1.807, 2.05) is 41.0 Å². The van der Waals surface area contributed by atoms with Crippen molar-refractivity contribution >= 4 is 11.9 Å². The highest BCUT2D eigenvalue weighted by molar-refractivity contribution is 5.97. The van der Waals surface area contributed by atoms with Gasteiger partial charge in [0.25, 0.3) is 5.91 Å². The van der Waals surface area contributed by atoms with Crippen LogP contribution in [-0.2, 0) is 16.6 Å². The summed E-state index contributed by atoms with van der Waals surface area (Å²) in [5.74, 6) is 0.867. The first-order chi connectivity index (χ1) is 11.6. The summed E-state index contributed by atoms with van der Waals surface area (Å²) in [6.07, 6.45) is 7.49. The lowest BCUT2D eigenvalue weighted by atomic mass is 9.93. The SMILES string of the molecule is COC(=O)CC1CCN(C(=O)c2cnn(C)c2-n2cccc2)CC1. The van der Waals surface area contributed by atoms with Gasteiger partial charge in [0.1, 0.15) is 11.4 Å². The Kier molecular flexibility index (Phi) is 4.69. The molecule has 0 atom stereocenters. The molecule has 1 aliphatic heterocycles. The third kappa shape index (κ3) is 3.20. The first-order valence-electron chi connectivity index (χ1n) is 8.11. The van der Waals surface area contributed by atoms with Gasteiger partial charge in [0.05, 0.1) is 13.3 Å². The summed E-state index contributed by atoms with van der Waals surface area (Å²) in [7, 11) is 3.24. The number of aromatic nitrogens is 3. The molecule has 2 aromatic heterocycles. The highest BCUT2D eigenvalue weighted by Gasteiger charge is 2.28. The van der Waals surface area contributed by atoms with Crippen molar-refractivity contribution < 1.29 is 14.3 Å². The molecule has 7 heteroatoms. The summed E-state index contributed by atoms with van der Waals surface area (Å²) in [4.78, 5) is 26.1. The molecule has 24 heavy (non-hydrogen) atoms. The second-order valence-electron chi connectivity index (χ2n) is 6.11. The van der Waals surface area contributed by atoms with E-state index in [-0.39, 0.29) is 11.9 Å². The fraction of sp³-hybridized carbons (Fsp3) is 0.471. The van der Waals surface area contributed by atoms with Crippen LogP contribution in [0.25, 0.3) is 5.82 Å². The Bertz CT molecular complexity index is 712. The van der Waals surface area contributed by atoms with Crippen molar-refractivity contribution in [3.8, 4) is 5.82 Å². The van der Waals surface area contributed by atoms with Crippen molar-refractivity contribution in [2.75, 3.05) is 20.2 Å². The Morgan fingerprint density at radius 1 is 1.25 bits per heavy atom. The first kappa shape index (κ1) is 16.3. The first-order valence-corrected chi connectivity index (χ1v) is 8.11. The van der Waals surface area contributed by atoms with Gasteiger partial charge >= 0.3 is 5.97 Å². The molecule has 0 aliphatic carbocycles. The predicted octanol–water partition coefficient (Wildman–Crippen LogP) is 1.63. The third-order valence-corrected chi connectivity index (χ3v) is 4.57. The van der Waals surface area contributed by atoms with Gasteiger partial charge in [0, 0.05) is 39.0 Å². The van der Waals surface area contributed by atoms with E-state index >= 15 is 0 Å². The second-order valence-corrected chi connectivity index (χ2v) is 6.11. The van der Waals surface area contributed by atoms with Gasteiger partial charge in [-0.15, -0.1) is 0 Å². The van der Waals surface area contributed by atoms with Crippen LogP contribution >= 0.6 is 0 Å². The fourth-order valence-electron chi connectivity index (χ4n) is 3.19. The monoisotopic (exact) mass is 330 g/mol. The van der Waals surface area contributed by atoms with E-state index in [1.165, 1.54) is 7.11 Å². The molecule has 0 aromatic carbocycles. The zero-order valence-electron chi connectivity index (χ0n) is 14.0. The standard InChI is InChI=1S/C17H22N4O3/c1-19-16(20-7-3-4-8-20)14(12-18-19)17(23)21-9-5-13(6-10-21)11-15(22)24-2/h3-4,7-8,12-13H,5-6,9-11H2,1-2H3. The van der Waals surface area contributed by atoms with Crippen LogP contribution in [0.3, 0.4) is 0 Å². The van der Waals surface area contributed by atoms with Gasteiger partial charge in [0.2, 0.25) is 0 Å². The molecule has 0 saturated carbocycles. The van der Waals surface area contributed by atoms with Gasteiger partial charge in [0.15, 0.2) is 0 Å². The molecular formula is C17H22N4O3.